The van der Waals surface area contributed by atoms with E-state index >= 15 is 0 Å². The summed E-state index contributed by atoms with van der Waals surface area (Å²) in [5, 5.41) is 13.5. The van der Waals surface area contributed by atoms with Gasteiger partial charge in [0.15, 0.2) is 0 Å². The topological polar surface area (TPSA) is 56.4 Å². The molecule has 0 amide bonds. The predicted molar refractivity (Wildman–Crippen MR) is 158 cm³/mol. The first-order valence-corrected chi connectivity index (χ1v) is 15.4. The third-order valence-corrected chi connectivity index (χ3v) is 12.3. The Balaban J connectivity index is 1.69. The maximum absolute atomic E-state index is 13.4. The van der Waals surface area contributed by atoms with Crippen molar-refractivity contribution in [3.8, 4) is 5.88 Å². The highest BCUT2D eigenvalue weighted by Crippen LogP contribution is 2.37. The van der Waals surface area contributed by atoms with Gasteiger partial charge in [0.2, 0.25) is 5.88 Å². The Morgan fingerprint density at radius 1 is 0.842 bits per heavy atom. The first-order chi connectivity index (χ1) is 18.2. The fourth-order valence-corrected chi connectivity index (χ4v) is 9.97. The van der Waals surface area contributed by atoms with E-state index in [-0.39, 0.29) is 16.6 Å². The number of hydrogen-bond donors (Lipinski definition) is 1. The molecule has 0 aliphatic carbocycles. The summed E-state index contributed by atoms with van der Waals surface area (Å²) in [4.78, 5) is 13.4. The standard InChI is InChI=1S/C32H40N2O3Si/c1-6-22-33-29(30(35)34(31(33)36)24-26-19-17-25(2)18-20-26)21-23-37-38(32(3,4)5,27-13-9-7-10-14-27)28-15-11-8-12-16-28/h7-20,35H,6,21-24H2,1-5H3. The molecule has 0 unspecified atom stereocenters. The van der Waals surface area contributed by atoms with Gasteiger partial charge in [-0.1, -0.05) is 118 Å². The lowest BCUT2D eigenvalue weighted by molar-refractivity contribution is 0.295. The highest BCUT2D eigenvalue weighted by atomic mass is 28.4. The summed E-state index contributed by atoms with van der Waals surface area (Å²) in [5.41, 5.74) is 2.61. The van der Waals surface area contributed by atoms with Crippen LogP contribution in [0.5, 0.6) is 5.88 Å². The second-order valence-corrected chi connectivity index (χ2v) is 15.3. The normalized spacial score (nSPS) is 12.1. The van der Waals surface area contributed by atoms with Gasteiger partial charge < -0.3 is 9.53 Å². The molecule has 1 N–H and O–H groups in total. The van der Waals surface area contributed by atoms with Gasteiger partial charge in [0.25, 0.3) is 8.32 Å². The molecule has 0 spiro atoms. The van der Waals surface area contributed by atoms with Crippen molar-refractivity contribution in [2.75, 3.05) is 6.61 Å². The lowest BCUT2D eigenvalue weighted by Crippen LogP contribution is -2.66. The first kappa shape index (κ1) is 27.7. The number of nitrogens with zero attached hydrogens (tertiary/aromatic N) is 2. The Kier molecular flexibility index (Phi) is 8.43. The zero-order valence-corrected chi connectivity index (χ0v) is 24.3. The van der Waals surface area contributed by atoms with Crippen LogP contribution in [-0.2, 0) is 23.9 Å². The van der Waals surface area contributed by atoms with E-state index in [9.17, 15) is 9.90 Å². The van der Waals surface area contributed by atoms with Gasteiger partial charge >= 0.3 is 5.69 Å². The molecule has 4 aromatic rings. The average molecular weight is 529 g/mol. The van der Waals surface area contributed by atoms with Crippen LogP contribution in [0.25, 0.3) is 0 Å². The minimum Gasteiger partial charge on any atom is -0.493 e. The fraction of sp³-hybridized carbons (Fsp3) is 0.344. The van der Waals surface area contributed by atoms with Crippen molar-refractivity contribution in [2.45, 2.75) is 65.6 Å². The van der Waals surface area contributed by atoms with Gasteiger partial charge in [0, 0.05) is 19.6 Å². The van der Waals surface area contributed by atoms with Gasteiger partial charge in [-0.3, -0.25) is 9.13 Å². The quantitative estimate of drug-likeness (QED) is 0.286. The summed E-state index contributed by atoms with van der Waals surface area (Å²) in [6.07, 6.45) is 1.25. The second-order valence-electron chi connectivity index (χ2n) is 11.0. The van der Waals surface area contributed by atoms with Gasteiger partial charge in [0.05, 0.1) is 12.2 Å². The third-order valence-electron chi connectivity index (χ3n) is 7.28. The lowest BCUT2D eigenvalue weighted by Gasteiger charge is -2.43. The molecule has 0 fully saturated rings. The van der Waals surface area contributed by atoms with E-state index in [0.717, 1.165) is 17.5 Å². The van der Waals surface area contributed by atoms with Crippen molar-refractivity contribution in [1.82, 2.24) is 9.13 Å². The first-order valence-electron chi connectivity index (χ1n) is 13.5. The molecule has 0 aliphatic rings. The second kappa shape index (κ2) is 11.6. The molecule has 0 atom stereocenters. The molecule has 0 radical (unpaired) electrons. The van der Waals surface area contributed by atoms with Gasteiger partial charge in [-0.15, -0.1) is 0 Å². The van der Waals surface area contributed by atoms with E-state index in [1.54, 1.807) is 4.57 Å². The number of aromatic hydroxyl groups is 1. The Labute approximate surface area is 227 Å². The number of aromatic nitrogens is 2. The van der Waals surface area contributed by atoms with E-state index in [1.807, 2.05) is 50.2 Å². The molecule has 0 saturated carbocycles. The number of benzene rings is 3. The molecule has 0 aliphatic heterocycles. The van der Waals surface area contributed by atoms with Crippen molar-refractivity contribution >= 4 is 18.7 Å². The van der Waals surface area contributed by atoms with Crippen molar-refractivity contribution in [1.29, 1.82) is 0 Å². The van der Waals surface area contributed by atoms with Crippen LogP contribution in [0, 0.1) is 6.92 Å². The summed E-state index contributed by atoms with van der Waals surface area (Å²) in [6, 6.07) is 29.1. The zero-order valence-electron chi connectivity index (χ0n) is 23.3. The Hall–Kier alpha value is -3.35. The molecular weight excluding hydrogens is 488 g/mol. The lowest BCUT2D eigenvalue weighted by atomic mass is 10.1. The van der Waals surface area contributed by atoms with Gasteiger partial charge in [-0.05, 0) is 34.3 Å². The van der Waals surface area contributed by atoms with Crippen LogP contribution >= 0.6 is 0 Å². The van der Waals surface area contributed by atoms with Crippen LogP contribution in [0.2, 0.25) is 5.04 Å². The summed E-state index contributed by atoms with van der Waals surface area (Å²) in [7, 11) is -2.71. The summed E-state index contributed by atoms with van der Waals surface area (Å²) < 4.78 is 10.2. The average Bonchev–Trinajstić information content (AvgIpc) is 3.12. The highest BCUT2D eigenvalue weighted by Gasteiger charge is 2.50. The molecule has 0 saturated heterocycles. The van der Waals surface area contributed by atoms with Crippen LogP contribution in [0.1, 0.15) is 50.9 Å². The molecule has 1 heterocycles. The van der Waals surface area contributed by atoms with Crippen molar-refractivity contribution in [3.63, 3.8) is 0 Å². The fourth-order valence-electron chi connectivity index (χ4n) is 5.41. The van der Waals surface area contributed by atoms with Crippen molar-refractivity contribution < 1.29 is 9.53 Å². The summed E-state index contributed by atoms with van der Waals surface area (Å²) in [5.74, 6) is 0.0371. The van der Waals surface area contributed by atoms with Gasteiger partial charge in [-0.25, -0.2) is 4.79 Å². The molecule has 200 valence electrons. The van der Waals surface area contributed by atoms with Gasteiger partial charge in [-0.2, -0.15) is 0 Å². The van der Waals surface area contributed by atoms with E-state index in [4.69, 9.17) is 4.43 Å². The monoisotopic (exact) mass is 528 g/mol. The maximum atomic E-state index is 13.4. The minimum absolute atomic E-state index is 0.0371. The highest BCUT2D eigenvalue weighted by molar-refractivity contribution is 6.99. The predicted octanol–water partition coefficient (Wildman–Crippen LogP) is 5.24. The Morgan fingerprint density at radius 3 is 1.89 bits per heavy atom. The minimum atomic E-state index is -2.71. The van der Waals surface area contributed by atoms with Crippen LogP contribution in [0.3, 0.4) is 0 Å². The summed E-state index contributed by atoms with van der Waals surface area (Å²) >= 11 is 0. The molecule has 3 aromatic carbocycles. The molecule has 6 heteroatoms. The molecular formula is C32H40N2O3Si. The summed E-state index contributed by atoms with van der Waals surface area (Å²) in [6.45, 7) is 12.1. The Morgan fingerprint density at radius 2 is 1.39 bits per heavy atom. The van der Waals surface area contributed by atoms with Crippen LogP contribution < -0.4 is 16.1 Å². The third kappa shape index (κ3) is 5.42. The van der Waals surface area contributed by atoms with Gasteiger partial charge in [0.1, 0.15) is 0 Å². The smallest absolute Gasteiger partial charge is 0.331 e. The van der Waals surface area contributed by atoms with E-state index in [1.165, 1.54) is 14.9 Å². The molecule has 0 bridgehead atoms. The van der Waals surface area contributed by atoms with E-state index in [0.29, 0.717) is 31.8 Å². The van der Waals surface area contributed by atoms with Crippen LogP contribution in [-0.4, -0.2) is 29.2 Å². The maximum Gasteiger partial charge on any atom is 0.331 e. The molecule has 1 aromatic heterocycles. The SMILES string of the molecule is CCCn1c(CCO[Si](c2ccccc2)(c2ccccc2)C(C)(C)C)c(O)n(Cc2ccc(C)cc2)c1=O. The van der Waals surface area contributed by atoms with Crippen molar-refractivity contribution in [2.24, 2.45) is 0 Å². The number of aryl methyl sites for hydroxylation is 1. The van der Waals surface area contributed by atoms with E-state index < -0.39 is 8.32 Å². The number of hydrogen-bond acceptors (Lipinski definition) is 3. The number of imidazole rings is 1. The van der Waals surface area contributed by atoms with E-state index in [2.05, 4.69) is 69.3 Å². The molecule has 4 rings (SSSR count). The van der Waals surface area contributed by atoms with Crippen LogP contribution in [0.4, 0.5) is 0 Å². The van der Waals surface area contributed by atoms with Crippen LogP contribution in [0.15, 0.2) is 89.7 Å². The largest absolute Gasteiger partial charge is 0.493 e. The molecule has 5 nitrogen and oxygen atoms in total. The molecule has 38 heavy (non-hydrogen) atoms. The Bertz CT molecular complexity index is 1350. The number of rotatable bonds is 10. The van der Waals surface area contributed by atoms with Crippen molar-refractivity contribution in [3.05, 3.63) is 112 Å². The zero-order chi connectivity index (χ0) is 27.3.